The van der Waals surface area contributed by atoms with Gasteiger partial charge in [0, 0.05) is 38.8 Å². The Morgan fingerprint density at radius 2 is 2.23 bits per heavy atom. The second-order valence-electron chi connectivity index (χ2n) is 6.24. The van der Waals surface area contributed by atoms with E-state index in [1.807, 2.05) is 25.2 Å². The molecule has 1 aromatic rings. The molecule has 0 aliphatic carbocycles. The van der Waals surface area contributed by atoms with Crippen LogP contribution in [0.5, 0.6) is 5.75 Å². The van der Waals surface area contributed by atoms with Gasteiger partial charge in [-0.05, 0) is 37.0 Å². The number of likely N-dealkylation sites (N-methyl/N-ethyl adjacent to an activating group) is 1. The summed E-state index contributed by atoms with van der Waals surface area (Å²) in [4.78, 5) is 16.2. The molecule has 0 radical (unpaired) electrons. The molecule has 5 nitrogen and oxygen atoms in total. The number of carbonyl (C=O) groups is 1. The second-order valence-corrected chi connectivity index (χ2v) is 6.24. The average Bonchev–Trinajstić information content (AvgIpc) is 2.93. The number of likely N-dealkylation sites (tertiary alicyclic amines) is 1. The zero-order chi connectivity index (χ0) is 15.5. The van der Waals surface area contributed by atoms with Crippen LogP contribution in [0.2, 0.25) is 0 Å². The number of rotatable bonds is 5. The van der Waals surface area contributed by atoms with Gasteiger partial charge < -0.3 is 19.6 Å². The first-order valence-corrected chi connectivity index (χ1v) is 8.05. The molecular weight excluding hydrogens is 280 g/mol. The molecule has 1 fully saturated rings. The van der Waals surface area contributed by atoms with Gasteiger partial charge in [-0.15, -0.1) is 0 Å². The van der Waals surface area contributed by atoms with Crippen LogP contribution in [-0.2, 0) is 6.42 Å². The van der Waals surface area contributed by atoms with Crippen molar-refractivity contribution in [1.82, 2.24) is 9.80 Å². The summed E-state index contributed by atoms with van der Waals surface area (Å²) >= 11 is 0. The molecule has 0 bridgehead atoms. The molecule has 1 amide bonds. The highest BCUT2D eigenvalue weighted by molar-refractivity contribution is 5.97. The summed E-state index contributed by atoms with van der Waals surface area (Å²) in [5, 5.41) is 9.48. The number of ether oxygens (including phenoxy) is 1. The van der Waals surface area contributed by atoms with E-state index < -0.39 is 0 Å². The van der Waals surface area contributed by atoms with Gasteiger partial charge in [0.25, 0.3) is 5.91 Å². The van der Waals surface area contributed by atoms with E-state index >= 15 is 0 Å². The Balaban J connectivity index is 1.50. The van der Waals surface area contributed by atoms with Crippen LogP contribution >= 0.6 is 0 Å². The average molecular weight is 304 g/mol. The van der Waals surface area contributed by atoms with E-state index in [0.29, 0.717) is 6.61 Å². The van der Waals surface area contributed by atoms with E-state index in [4.69, 9.17) is 4.74 Å². The molecule has 1 unspecified atom stereocenters. The molecule has 1 atom stereocenters. The van der Waals surface area contributed by atoms with Gasteiger partial charge >= 0.3 is 0 Å². The normalized spacial score (nSPS) is 22.0. The third-order valence-corrected chi connectivity index (χ3v) is 4.51. The molecule has 2 heterocycles. The zero-order valence-corrected chi connectivity index (χ0v) is 13.1. The molecule has 0 aromatic heterocycles. The highest BCUT2D eigenvalue weighted by atomic mass is 16.5. The topological polar surface area (TPSA) is 53.0 Å². The Kier molecular flexibility index (Phi) is 4.64. The van der Waals surface area contributed by atoms with Gasteiger partial charge in [0.2, 0.25) is 0 Å². The molecule has 120 valence electrons. The summed E-state index contributed by atoms with van der Waals surface area (Å²) in [6.45, 7) is 4.12. The fourth-order valence-corrected chi connectivity index (χ4v) is 3.15. The molecule has 0 saturated carbocycles. The van der Waals surface area contributed by atoms with Crippen molar-refractivity contribution in [2.45, 2.75) is 25.4 Å². The summed E-state index contributed by atoms with van der Waals surface area (Å²) in [6, 6.07) is 5.83. The van der Waals surface area contributed by atoms with Crippen molar-refractivity contribution in [3.8, 4) is 5.75 Å². The lowest BCUT2D eigenvalue weighted by Gasteiger charge is -2.25. The van der Waals surface area contributed by atoms with Crippen LogP contribution in [0, 0.1) is 0 Å². The monoisotopic (exact) mass is 304 g/mol. The molecule has 5 heteroatoms. The second kappa shape index (κ2) is 6.67. The van der Waals surface area contributed by atoms with Crippen molar-refractivity contribution in [2.24, 2.45) is 0 Å². The van der Waals surface area contributed by atoms with Crippen LogP contribution < -0.4 is 4.74 Å². The largest absolute Gasteiger partial charge is 0.494 e. The zero-order valence-electron chi connectivity index (χ0n) is 13.1. The minimum atomic E-state index is -0.162. The van der Waals surface area contributed by atoms with Gasteiger partial charge in [-0.25, -0.2) is 0 Å². The van der Waals surface area contributed by atoms with Gasteiger partial charge in [0.1, 0.15) is 5.75 Å². The maximum Gasteiger partial charge on any atom is 0.254 e. The first kappa shape index (κ1) is 15.3. The molecule has 22 heavy (non-hydrogen) atoms. The van der Waals surface area contributed by atoms with Crippen molar-refractivity contribution in [3.63, 3.8) is 0 Å². The van der Waals surface area contributed by atoms with Crippen LogP contribution in [0.1, 0.15) is 28.8 Å². The smallest absolute Gasteiger partial charge is 0.254 e. The first-order valence-electron chi connectivity index (χ1n) is 8.05. The lowest BCUT2D eigenvalue weighted by Crippen LogP contribution is -2.34. The molecule has 1 saturated heterocycles. The van der Waals surface area contributed by atoms with Gasteiger partial charge in [-0.1, -0.05) is 6.07 Å². The number of hydrogen-bond acceptors (Lipinski definition) is 4. The van der Waals surface area contributed by atoms with Crippen molar-refractivity contribution < 1.29 is 14.6 Å². The number of hydrogen-bond donors (Lipinski definition) is 1. The molecule has 1 aromatic carbocycles. The molecule has 0 spiro atoms. The number of amides is 1. The Labute approximate surface area is 131 Å². The molecule has 2 aliphatic heterocycles. The standard InChI is InChI=1S/C17H24N2O3/c1-18-8-5-13-3-4-15(11-16(13)17(18)21)22-10-2-7-19-9-6-14(20)12-19/h3-4,11,14,20H,2,5-10,12H2,1H3. The Morgan fingerprint density at radius 1 is 1.36 bits per heavy atom. The molecule has 3 rings (SSSR count). The van der Waals surface area contributed by atoms with E-state index in [1.165, 1.54) is 0 Å². The predicted octanol–water partition coefficient (Wildman–Crippen LogP) is 1.15. The van der Waals surface area contributed by atoms with E-state index in [-0.39, 0.29) is 12.0 Å². The Morgan fingerprint density at radius 3 is 3.00 bits per heavy atom. The number of β-amino-alcohol motifs (C(OH)–C–C–N with tert-alkyl or cyclic N) is 1. The van der Waals surface area contributed by atoms with E-state index in [9.17, 15) is 9.90 Å². The number of aliphatic hydroxyl groups excluding tert-OH is 1. The number of carbonyl (C=O) groups excluding carboxylic acids is 1. The van der Waals surface area contributed by atoms with Crippen LogP contribution in [0.3, 0.4) is 0 Å². The Bertz CT molecular complexity index is 547. The summed E-state index contributed by atoms with van der Waals surface area (Å²) in [5.74, 6) is 0.849. The number of nitrogens with zero attached hydrogens (tertiary/aromatic N) is 2. The van der Waals surface area contributed by atoms with E-state index in [0.717, 1.165) is 62.3 Å². The SMILES string of the molecule is CN1CCc2ccc(OCCCN3CCC(O)C3)cc2C1=O. The maximum absolute atomic E-state index is 12.1. The predicted molar refractivity (Wildman–Crippen MR) is 84.3 cm³/mol. The summed E-state index contributed by atoms with van der Waals surface area (Å²) < 4.78 is 5.78. The van der Waals surface area contributed by atoms with Gasteiger partial charge in [0.05, 0.1) is 12.7 Å². The van der Waals surface area contributed by atoms with Crippen molar-refractivity contribution >= 4 is 5.91 Å². The van der Waals surface area contributed by atoms with Crippen molar-refractivity contribution in [2.75, 3.05) is 39.8 Å². The molecule has 2 aliphatic rings. The Hall–Kier alpha value is -1.59. The van der Waals surface area contributed by atoms with Crippen LogP contribution in [0.25, 0.3) is 0 Å². The van der Waals surface area contributed by atoms with E-state index in [1.54, 1.807) is 4.90 Å². The van der Waals surface area contributed by atoms with Crippen LogP contribution in [-0.4, -0.2) is 66.8 Å². The summed E-state index contributed by atoms with van der Waals surface area (Å²) in [5.41, 5.74) is 1.88. The van der Waals surface area contributed by atoms with Crippen molar-refractivity contribution in [3.05, 3.63) is 29.3 Å². The fourth-order valence-electron chi connectivity index (χ4n) is 3.15. The van der Waals surface area contributed by atoms with Gasteiger partial charge in [0.15, 0.2) is 0 Å². The summed E-state index contributed by atoms with van der Waals surface area (Å²) in [7, 11) is 1.84. The lowest BCUT2D eigenvalue weighted by atomic mass is 9.99. The number of fused-ring (bicyclic) bond motifs is 1. The van der Waals surface area contributed by atoms with Crippen LogP contribution in [0.4, 0.5) is 0 Å². The molecular formula is C17H24N2O3. The fraction of sp³-hybridized carbons (Fsp3) is 0.588. The van der Waals surface area contributed by atoms with Crippen LogP contribution in [0.15, 0.2) is 18.2 Å². The third kappa shape index (κ3) is 3.42. The third-order valence-electron chi connectivity index (χ3n) is 4.51. The minimum Gasteiger partial charge on any atom is -0.494 e. The van der Waals surface area contributed by atoms with Crippen molar-refractivity contribution in [1.29, 1.82) is 0 Å². The first-order chi connectivity index (χ1) is 10.6. The maximum atomic E-state index is 12.1. The highest BCUT2D eigenvalue weighted by Gasteiger charge is 2.22. The minimum absolute atomic E-state index is 0.0813. The summed E-state index contributed by atoms with van der Waals surface area (Å²) in [6.07, 6.45) is 2.55. The quantitative estimate of drug-likeness (QED) is 0.829. The highest BCUT2D eigenvalue weighted by Crippen LogP contribution is 2.23. The molecule has 1 N–H and O–H groups in total. The van der Waals surface area contributed by atoms with Gasteiger partial charge in [-0.3, -0.25) is 4.79 Å². The van der Waals surface area contributed by atoms with Gasteiger partial charge in [-0.2, -0.15) is 0 Å². The number of benzene rings is 1. The number of aliphatic hydroxyl groups is 1. The van der Waals surface area contributed by atoms with E-state index in [2.05, 4.69) is 4.90 Å². The lowest BCUT2D eigenvalue weighted by molar-refractivity contribution is 0.0780.